The molecule has 0 aliphatic carbocycles. The number of aromatic amines is 1. The molecule has 3 aromatic rings. The van der Waals surface area contributed by atoms with Gasteiger partial charge in [0.1, 0.15) is 17.4 Å². The number of nitrogens with zero attached hydrogens (tertiary/aromatic N) is 2. The van der Waals surface area contributed by atoms with Crippen molar-refractivity contribution in [3.05, 3.63) is 64.7 Å². The number of phenolic OH excluding ortho intramolecular Hbond substituents is 1. The van der Waals surface area contributed by atoms with E-state index in [9.17, 15) is 10.4 Å². The maximum Gasteiger partial charge on any atom is 0.244 e. The molecule has 1 aliphatic heterocycles. The van der Waals surface area contributed by atoms with Gasteiger partial charge in [-0.1, -0.05) is 30.3 Å². The smallest absolute Gasteiger partial charge is 0.244 e. The Kier molecular flexibility index (Phi) is 2.97. The number of rotatable bonds is 1. The number of allylic oxidation sites excluding steroid dienone is 1. The van der Waals surface area contributed by atoms with E-state index in [1.165, 1.54) is 0 Å². The zero-order valence-corrected chi connectivity index (χ0v) is 12.9. The molecule has 6 heteroatoms. The molecule has 0 unspecified atom stereocenters. The van der Waals surface area contributed by atoms with Crippen molar-refractivity contribution < 1.29 is 9.84 Å². The van der Waals surface area contributed by atoms with Gasteiger partial charge in [-0.05, 0) is 23.8 Å². The Balaban J connectivity index is 2.11. The Bertz CT molecular complexity index is 1040. The van der Waals surface area contributed by atoms with Crippen LogP contribution in [0.5, 0.6) is 11.6 Å². The minimum atomic E-state index is -0.538. The van der Waals surface area contributed by atoms with Crippen LogP contribution in [-0.4, -0.2) is 15.3 Å². The van der Waals surface area contributed by atoms with Gasteiger partial charge in [-0.3, -0.25) is 5.10 Å². The average molecular weight is 318 g/mol. The standard InChI is InChI=1S/C18H14N4O2/c1-9-14-16(12(8-19)17(20)24-18(14)22-21-9)15-11-5-3-2-4-10(11)6-7-13(15)23/h2-7,16,23H,20H2,1H3,(H,21,22)/t16-/m1/s1. The molecule has 0 spiro atoms. The molecule has 6 nitrogen and oxygen atoms in total. The highest BCUT2D eigenvalue weighted by Gasteiger charge is 2.36. The van der Waals surface area contributed by atoms with E-state index in [1.54, 1.807) is 6.07 Å². The van der Waals surface area contributed by atoms with Gasteiger partial charge in [-0.2, -0.15) is 5.26 Å². The van der Waals surface area contributed by atoms with Crippen LogP contribution in [0.15, 0.2) is 47.9 Å². The molecule has 4 rings (SSSR count). The first-order chi connectivity index (χ1) is 11.6. The average Bonchev–Trinajstić information content (AvgIpc) is 2.94. The number of fused-ring (bicyclic) bond motifs is 2. The van der Waals surface area contributed by atoms with Crippen LogP contribution in [-0.2, 0) is 0 Å². The summed E-state index contributed by atoms with van der Waals surface area (Å²) >= 11 is 0. The predicted molar refractivity (Wildman–Crippen MR) is 88.2 cm³/mol. The highest BCUT2D eigenvalue weighted by molar-refractivity contribution is 5.89. The van der Waals surface area contributed by atoms with E-state index in [2.05, 4.69) is 16.3 Å². The van der Waals surface area contributed by atoms with E-state index in [4.69, 9.17) is 10.5 Å². The number of nitriles is 1. The largest absolute Gasteiger partial charge is 0.508 e. The van der Waals surface area contributed by atoms with Gasteiger partial charge in [0, 0.05) is 16.8 Å². The van der Waals surface area contributed by atoms with Crippen molar-refractivity contribution >= 4 is 10.8 Å². The summed E-state index contributed by atoms with van der Waals surface area (Å²) in [4.78, 5) is 0. The normalized spacial score (nSPS) is 16.6. The first kappa shape index (κ1) is 14.2. The summed E-state index contributed by atoms with van der Waals surface area (Å²) in [7, 11) is 0. The van der Waals surface area contributed by atoms with E-state index in [-0.39, 0.29) is 17.2 Å². The monoisotopic (exact) mass is 318 g/mol. The number of aromatic nitrogens is 2. The fraction of sp³-hybridized carbons (Fsp3) is 0.111. The van der Waals surface area contributed by atoms with E-state index in [1.807, 2.05) is 37.3 Å². The highest BCUT2D eigenvalue weighted by Crippen LogP contribution is 2.47. The van der Waals surface area contributed by atoms with E-state index in [0.29, 0.717) is 17.0 Å². The van der Waals surface area contributed by atoms with Crippen LogP contribution in [0, 0.1) is 18.3 Å². The summed E-state index contributed by atoms with van der Waals surface area (Å²) in [6.45, 7) is 1.85. The SMILES string of the molecule is Cc1[nH]nc2c1[C@H](c1c(O)ccc3ccccc13)C(C#N)=C(N)O2. The Morgan fingerprint density at radius 1 is 1.25 bits per heavy atom. The third kappa shape index (κ3) is 1.85. The second-order valence-corrected chi connectivity index (χ2v) is 5.71. The fourth-order valence-corrected chi connectivity index (χ4v) is 3.27. The first-order valence-corrected chi connectivity index (χ1v) is 7.45. The quantitative estimate of drug-likeness (QED) is 0.639. The van der Waals surface area contributed by atoms with Crippen molar-refractivity contribution in [3.8, 4) is 17.7 Å². The summed E-state index contributed by atoms with van der Waals surface area (Å²) < 4.78 is 5.47. The molecule has 1 aromatic heterocycles. The van der Waals surface area contributed by atoms with Gasteiger partial charge >= 0.3 is 0 Å². The number of hydrogen-bond acceptors (Lipinski definition) is 5. The van der Waals surface area contributed by atoms with E-state index >= 15 is 0 Å². The van der Waals surface area contributed by atoms with Gasteiger partial charge in [0.15, 0.2) is 0 Å². The number of aromatic hydroxyl groups is 1. The zero-order valence-electron chi connectivity index (χ0n) is 12.9. The Hall–Kier alpha value is -3.46. The molecule has 1 aliphatic rings. The second kappa shape index (κ2) is 5.03. The molecular formula is C18H14N4O2. The molecule has 0 saturated heterocycles. The van der Waals surface area contributed by atoms with Crippen LogP contribution in [0.3, 0.4) is 0 Å². The summed E-state index contributed by atoms with van der Waals surface area (Å²) in [5, 5.41) is 29.0. The molecular weight excluding hydrogens is 304 g/mol. The topological polar surface area (TPSA) is 108 Å². The Morgan fingerprint density at radius 3 is 2.83 bits per heavy atom. The van der Waals surface area contributed by atoms with Gasteiger partial charge in [0.05, 0.1) is 5.92 Å². The second-order valence-electron chi connectivity index (χ2n) is 5.71. The molecule has 0 saturated carbocycles. The molecule has 0 bridgehead atoms. The zero-order chi connectivity index (χ0) is 16.8. The number of aryl methyl sites for hydroxylation is 1. The lowest BCUT2D eigenvalue weighted by molar-refractivity contribution is 0.377. The number of nitrogens with one attached hydrogen (secondary N) is 1. The minimum absolute atomic E-state index is 0.00818. The number of H-pyrrole nitrogens is 1. The van der Waals surface area contributed by atoms with Crippen LogP contribution in [0.4, 0.5) is 0 Å². The fourth-order valence-electron chi connectivity index (χ4n) is 3.27. The molecule has 0 radical (unpaired) electrons. The molecule has 0 amide bonds. The van der Waals surface area contributed by atoms with Crippen molar-refractivity contribution in [2.24, 2.45) is 5.73 Å². The highest BCUT2D eigenvalue weighted by atomic mass is 16.5. The Morgan fingerprint density at radius 2 is 2.04 bits per heavy atom. The molecule has 2 heterocycles. The number of phenols is 1. The van der Waals surface area contributed by atoms with Gasteiger partial charge in [0.25, 0.3) is 0 Å². The van der Waals surface area contributed by atoms with Crippen molar-refractivity contribution in [2.75, 3.05) is 0 Å². The molecule has 0 fully saturated rings. The number of ether oxygens (including phenoxy) is 1. The summed E-state index contributed by atoms with van der Waals surface area (Å²) in [5.74, 6) is -0.0912. The molecule has 4 N–H and O–H groups in total. The Labute approximate surface area is 137 Å². The van der Waals surface area contributed by atoms with Crippen LogP contribution in [0.1, 0.15) is 22.7 Å². The van der Waals surface area contributed by atoms with Crippen molar-refractivity contribution in [3.63, 3.8) is 0 Å². The molecule has 1 atom stereocenters. The lowest BCUT2D eigenvalue weighted by Crippen LogP contribution is -2.21. The third-order valence-corrected chi connectivity index (χ3v) is 4.37. The third-order valence-electron chi connectivity index (χ3n) is 4.37. The van der Waals surface area contributed by atoms with Crippen LogP contribution < -0.4 is 10.5 Å². The molecule has 2 aromatic carbocycles. The first-order valence-electron chi connectivity index (χ1n) is 7.45. The van der Waals surface area contributed by atoms with E-state index < -0.39 is 5.92 Å². The molecule has 24 heavy (non-hydrogen) atoms. The minimum Gasteiger partial charge on any atom is -0.508 e. The number of benzene rings is 2. The lowest BCUT2D eigenvalue weighted by Gasteiger charge is -2.25. The van der Waals surface area contributed by atoms with Crippen LogP contribution in [0.2, 0.25) is 0 Å². The van der Waals surface area contributed by atoms with Gasteiger partial charge < -0.3 is 15.6 Å². The van der Waals surface area contributed by atoms with Crippen molar-refractivity contribution in [1.82, 2.24) is 10.2 Å². The van der Waals surface area contributed by atoms with Crippen LogP contribution in [0.25, 0.3) is 10.8 Å². The summed E-state index contributed by atoms with van der Waals surface area (Å²) in [6, 6.07) is 13.3. The summed E-state index contributed by atoms with van der Waals surface area (Å²) in [6.07, 6.45) is 0. The van der Waals surface area contributed by atoms with Crippen LogP contribution >= 0.6 is 0 Å². The van der Waals surface area contributed by atoms with Crippen molar-refractivity contribution in [1.29, 1.82) is 5.26 Å². The number of nitrogens with two attached hydrogens (primary N) is 1. The number of hydrogen-bond donors (Lipinski definition) is 3. The summed E-state index contributed by atoms with van der Waals surface area (Å²) in [5.41, 5.74) is 8.31. The maximum atomic E-state index is 10.6. The lowest BCUT2D eigenvalue weighted by atomic mass is 9.81. The predicted octanol–water partition coefficient (Wildman–Crippen LogP) is 2.80. The van der Waals surface area contributed by atoms with Gasteiger partial charge in [0.2, 0.25) is 11.8 Å². The van der Waals surface area contributed by atoms with Crippen molar-refractivity contribution in [2.45, 2.75) is 12.8 Å². The maximum absolute atomic E-state index is 10.6. The van der Waals surface area contributed by atoms with Gasteiger partial charge in [-0.25, -0.2) is 0 Å². The van der Waals surface area contributed by atoms with Gasteiger partial charge in [-0.15, -0.1) is 5.10 Å². The molecule has 118 valence electrons. The van der Waals surface area contributed by atoms with E-state index in [0.717, 1.165) is 16.5 Å².